The highest BCUT2D eigenvalue weighted by Crippen LogP contribution is 2.24. The summed E-state index contributed by atoms with van der Waals surface area (Å²) in [6.45, 7) is 1.87. The summed E-state index contributed by atoms with van der Waals surface area (Å²) in [7, 11) is 0. The molecule has 8 heteroatoms. The molecular formula is C18H16N4O4. The van der Waals surface area contributed by atoms with Gasteiger partial charge in [-0.05, 0) is 19.1 Å². The van der Waals surface area contributed by atoms with Gasteiger partial charge >= 0.3 is 5.97 Å². The first-order chi connectivity index (χ1) is 12.6. The monoisotopic (exact) mass is 352 g/mol. The molecule has 26 heavy (non-hydrogen) atoms. The number of fused-ring (bicyclic) bond motifs is 3. The highest BCUT2D eigenvalue weighted by molar-refractivity contribution is 6.09. The molecule has 0 bridgehead atoms. The number of esters is 1. The molecule has 132 valence electrons. The van der Waals surface area contributed by atoms with Gasteiger partial charge in [-0.3, -0.25) is 20.4 Å². The Hall–Kier alpha value is -3.68. The smallest absolute Gasteiger partial charge is 0.330 e. The molecule has 0 aliphatic rings. The van der Waals surface area contributed by atoms with Crippen LogP contribution < -0.4 is 10.9 Å². The number of H-pyrrole nitrogens is 1. The summed E-state index contributed by atoms with van der Waals surface area (Å²) in [6, 6.07) is 9.34. The first-order valence-electron chi connectivity index (χ1n) is 7.90. The molecule has 0 saturated carbocycles. The Labute approximate surface area is 148 Å². The minimum Gasteiger partial charge on any atom is -0.463 e. The van der Waals surface area contributed by atoms with E-state index in [-0.39, 0.29) is 12.3 Å². The molecule has 2 heterocycles. The third-order valence-corrected chi connectivity index (χ3v) is 3.58. The van der Waals surface area contributed by atoms with E-state index in [0.717, 1.165) is 34.0 Å². The van der Waals surface area contributed by atoms with Crippen LogP contribution in [0.15, 0.2) is 48.7 Å². The lowest BCUT2D eigenvalue weighted by Crippen LogP contribution is -2.41. The second-order valence-corrected chi connectivity index (χ2v) is 5.31. The number of aromatic nitrogens is 2. The van der Waals surface area contributed by atoms with Gasteiger partial charge in [-0.2, -0.15) is 0 Å². The van der Waals surface area contributed by atoms with Gasteiger partial charge in [-0.15, -0.1) is 0 Å². The van der Waals surface area contributed by atoms with Gasteiger partial charge in [0.2, 0.25) is 0 Å². The number of hydrogen-bond donors (Lipinski definition) is 3. The zero-order valence-corrected chi connectivity index (χ0v) is 13.9. The summed E-state index contributed by atoms with van der Waals surface area (Å²) in [5.74, 6) is -1.88. The zero-order valence-electron chi connectivity index (χ0n) is 13.9. The van der Waals surface area contributed by atoms with Gasteiger partial charge in [0.05, 0.1) is 18.3 Å². The number of nitrogens with zero attached hydrogens (tertiary/aromatic N) is 1. The first-order valence-corrected chi connectivity index (χ1v) is 7.90. The van der Waals surface area contributed by atoms with E-state index in [2.05, 4.69) is 25.6 Å². The molecule has 3 rings (SSSR count). The fraction of sp³-hybridized carbons (Fsp3) is 0.111. The van der Waals surface area contributed by atoms with Crippen LogP contribution in [0.4, 0.5) is 0 Å². The van der Waals surface area contributed by atoms with Crippen molar-refractivity contribution in [3.63, 3.8) is 0 Å². The van der Waals surface area contributed by atoms with Crippen LogP contribution in [-0.2, 0) is 14.3 Å². The van der Waals surface area contributed by atoms with Crippen LogP contribution in [0.25, 0.3) is 21.8 Å². The van der Waals surface area contributed by atoms with Crippen LogP contribution >= 0.6 is 0 Å². The van der Waals surface area contributed by atoms with Crippen molar-refractivity contribution in [3.05, 3.63) is 54.4 Å². The molecule has 3 N–H and O–H groups in total. The van der Waals surface area contributed by atoms with Gasteiger partial charge in [0, 0.05) is 28.4 Å². The van der Waals surface area contributed by atoms with E-state index < -0.39 is 17.8 Å². The third kappa shape index (κ3) is 3.69. The molecule has 0 atom stereocenters. The van der Waals surface area contributed by atoms with Crippen LogP contribution in [0.2, 0.25) is 0 Å². The Balaban J connectivity index is 1.69. The number of ether oxygens (including phenoxy) is 1. The van der Waals surface area contributed by atoms with Crippen LogP contribution in [0.1, 0.15) is 17.4 Å². The van der Waals surface area contributed by atoms with Crippen molar-refractivity contribution in [2.75, 3.05) is 6.61 Å². The fourth-order valence-corrected chi connectivity index (χ4v) is 2.43. The topological polar surface area (TPSA) is 113 Å². The summed E-state index contributed by atoms with van der Waals surface area (Å²) in [6.07, 6.45) is 3.50. The highest BCUT2D eigenvalue weighted by Gasteiger charge is 2.11. The molecule has 0 unspecified atom stereocenters. The largest absolute Gasteiger partial charge is 0.463 e. The van der Waals surface area contributed by atoms with Crippen molar-refractivity contribution in [1.82, 2.24) is 20.8 Å². The van der Waals surface area contributed by atoms with E-state index in [0.29, 0.717) is 0 Å². The predicted octanol–water partition coefficient (Wildman–Crippen LogP) is 1.60. The minimum atomic E-state index is -0.667. The van der Waals surface area contributed by atoms with Crippen molar-refractivity contribution < 1.29 is 19.1 Å². The average Bonchev–Trinajstić information content (AvgIpc) is 3.02. The van der Waals surface area contributed by atoms with Crippen molar-refractivity contribution in [2.45, 2.75) is 6.92 Å². The average molecular weight is 352 g/mol. The van der Waals surface area contributed by atoms with E-state index in [1.165, 1.54) is 0 Å². The molecule has 1 aromatic carbocycles. The lowest BCUT2D eigenvalue weighted by atomic mass is 10.1. The number of amides is 2. The summed E-state index contributed by atoms with van der Waals surface area (Å²) in [4.78, 5) is 42.2. The number of carbonyl (C=O) groups excluding carboxylic acids is 3. The first kappa shape index (κ1) is 17.2. The van der Waals surface area contributed by atoms with Gasteiger partial charge in [-0.25, -0.2) is 9.78 Å². The quantitative estimate of drug-likeness (QED) is 0.375. The minimum absolute atomic E-state index is 0.150. The Bertz CT molecular complexity index is 1020. The van der Waals surface area contributed by atoms with Gasteiger partial charge in [0.15, 0.2) is 0 Å². The Kier molecular flexibility index (Phi) is 4.93. The normalized spacial score (nSPS) is 11.0. The van der Waals surface area contributed by atoms with Crippen LogP contribution in [0.3, 0.4) is 0 Å². The molecule has 0 radical (unpaired) electrons. The third-order valence-electron chi connectivity index (χ3n) is 3.58. The maximum absolute atomic E-state index is 12.2. The summed E-state index contributed by atoms with van der Waals surface area (Å²) >= 11 is 0. The van der Waals surface area contributed by atoms with Gasteiger partial charge in [-0.1, -0.05) is 18.2 Å². The van der Waals surface area contributed by atoms with Crippen LogP contribution in [0, 0.1) is 0 Å². The predicted molar refractivity (Wildman–Crippen MR) is 95.0 cm³/mol. The van der Waals surface area contributed by atoms with Crippen molar-refractivity contribution >= 4 is 39.6 Å². The van der Waals surface area contributed by atoms with E-state index in [1.807, 2.05) is 24.3 Å². The van der Waals surface area contributed by atoms with E-state index in [9.17, 15) is 14.4 Å². The lowest BCUT2D eigenvalue weighted by Gasteiger charge is -2.04. The van der Waals surface area contributed by atoms with Crippen molar-refractivity contribution in [1.29, 1.82) is 0 Å². The van der Waals surface area contributed by atoms with Crippen LogP contribution in [-0.4, -0.2) is 34.4 Å². The van der Waals surface area contributed by atoms with Gasteiger partial charge in [0.1, 0.15) is 5.69 Å². The SMILES string of the molecule is CCOC(=O)/C=C/C(=O)NNC(=O)c1cc2c(cn1)[nH]c1ccccc12. The van der Waals surface area contributed by atoms with Crippen molar-refractivity contribution in [2.24, 2.45) is 0 Å². The number of rotatable bonds is 4. The number of pyridine rings is 1. The standard InChI is InChI=1S/C18H16N4O4/c1-2-26-17(24)8-7-16(23)21-22-18(25)14-9-12-11-5-3-4-6-13(11)20-15(12)10-19-14/h3-10,20H,2H2,1H3,(H,21,23)(H,22,25)/b8-7+. The van der Waals surface area contributed by atoms with E-state index >= 15 is 0 Å². The number of carbonyl (C=O) groups is 3. The summed E-state index contributed by atoms with van der Waals surface area (Å²) in [5, 5.41) is 1.83. The van der Waals surface area contributed by atoms with Crippen molar-refractivity contribution in [3.8, 4) is 0 Å². The molecule has 2 amide bonds. The maximum atomic E-state index is 12.2. The molecule has 0 saturated heterocycles. The number of benzene rings is 1. The Morgan fingerprint density at radius 1 is 1.12 bits per heavy atom. The Morgan fingerprint density at radius 2 is 1.92 bits per heavy atom. The van der Waals surface area contributed by atoms with Gasteiger partial charge in [0.25, 0.3) is 11.8 Å². The van der Waals surface area contributed by atoms with E-state index in [4.69, 9.17) is 0 Å². The number of hydrazine groups is 1. The number of nitrogens with one attached hydrogen (secondary N) is 3. The fourth-order valence-electron chi connectivity index (χ4n) is 2.43. The summed E-state index contributed by atoms with van der Waals surface area (Å²) < 4.78 is 4.65. The molecule has 0 aliphatic heterocycles. The maximum Gasteiger partial charge on any atom is 0.330 e. The zero-order chi connectivity index (χ0) is 18.5. The molecule has 8 nitrogen and oxygen atoms in total. The second kappa shape index (κ2) is 7.47. The molecule has 0 fully saturated rings. The van der Waals surface area contributed by atoms with Crippen LogP contribution in [0.5, 0.6) is 0 Å². The summed E-state index contributed by atoms with van der Waals surface area (Å²) in [5.41, 5.74) is 6.32. The number of para-hydroxylation sites is 1. The molecule has 2 aromatic heterocycles. The highest BCUT2D eigenvalue weighted by atomic mass is 16.5. The lowest BCUT2D eigenvalue weighted by molar-refractivity contribution is -0.137. The van der Waals surface area contributed by atoms with Gasteiger partial charge < -0.3 is 9.72 Å². The van der Waals surface area contributed by atoms with E-state index in [1.54, 1.807) is 19.2 Å². The molecule has 0 aliphatic carbocycles. The molecular weight excluding hydrogens is 336 g/mol. The number of hydrogen-bond acceptors (Lipinski definition) is 5. The second-order valence-electron chi connectivity index (χ2n) is 5.31. The molecule has 0 spiro atoms. The number of aromatic amines is 1. The Morgan fingerprint density at radius 3 is 2.73 bits per heavy atom. The molecule has 3 aromatic rings.